The monoisotopic (exact) mass is 213 g/mol. The van der Waals surface area contributed by atoms with E-state index in [2.05, 4.69) is 10.4 Å². The molecule has 0 bridgehead atoms. The van der Waals surface area contributed by atoms with E-state index in [0.717, 1.165) is 16.6 Å². The number of anilines is 1. The number of benzene rings is 1. The number of nitrogens with zero attached hydrogens (tertiary/aromatic N) is 1. The molecule has 0 amide bonds. The molecule has 0 aliphatic carbocycles. The minimum absolute atomic E-state index is 0. The lowest BCUT2D eigenvalue weighted by molar-refractivity contribution is 0.824. The molecule has 0 radical (unpaired) electrons. The lowest BCUT2D eigenvalue weighted by atomic mass is 10.2. The van der Waals surface area contributed by atoms with Gasteiger partial charge in [0.05, 0.1) is 11.2 Å². The Hall–Kier alpha value is -1.36. The maximum atomic E-state index is 5.33. The predicted octanol–water partition coefficient (Wildman–Crippen LogP) is 1.12. The highest BCUT2D eigenvalue weighted by Crippen LogP contribution is 2.18. The zero-order valence-electron chi connectivity index (χ0n) is 7.40. The number of nitrogen functional groups attached to an aromatic ring is 1. The van der Waals surface area contributed by atoms with Gasteiger partial charge in [0.1, 0.15) is 0 Å². The molecule has 5 heteroatoms. The molecule has 0 aliphatic rings. The van der Waals surface area contributed by atoms with Gasteiger partial charge in [0.15, 0.2) is 0 Å². The number of hydrogen-bond acceptors (Lipinski definition) is 3. The Kier molecular flexibility index (Phi) is 4.86. The fourth-order valence-corrected chi connectivity index (χ4v) is 1.22. The summed E-state index contributed by atoms with van der Waals surface area (Å²) < 4.78 is 0. The summed E-state index contributed by atoms with van der Waals surface area (Å²) in [5.74, 6) is 5.33. The Bertz CT molecular complexity index is 403. The second-order valence-electron chi connectivity index (χ2n) is 2.53. The van der Waals surface area contributed by atoms with E-state index in [1.807, 2.05) is 30.3 Å². The molecular weight excluding hydrogens is 202 g/mol. The smallest absolute Gasteiger partial charge is 0.0946 e. The van der Waals surface area contributed by atoms with Gasteiger partial charge in [-0.1, -0.05) is 18.2 Å². The van der Waals surface area contributed by atoms with Crippen LogP contribution in [0.25, 0.3) is 10.9 Å². The number of rotatable bonds is 1. The summed E-state index contributed by atoms with van der Waals surface area (Å²) in [7, 11) is 0. The second kappa shape index (κ2) is 5.39. The van der Waals surface area contributed by atoms with E-state index in [-0.39, 0.29) is 17.9 Å². The van der Waals surface area contributed by atoms with Crippen LogP contribution < -0.4 is 11.3 Å². The molecule has 5 N–H and O–H groups in total. The summed E-state index contributed by atoms with van der Waals surface area (Å²) >= 11 is 0. The minimum atomic E-state index is 0. The first-order valence-corrected chi connectivity index (χ1v) is 3.72. The van der Waals surface area contributed by atoms with Crippen molar-refractivity contribution in [2.24, 2.45) is 5.84 Å². The highest BCUT2D eigenvalue weighted by atomic mass is 35.5. The van der Waals surface area contributed by atoms with E-state index in [0.29, 0.717) is 0 Å². The molecule has 14 heavy (non-hydrogen) atoms. The SMILES string of the molecule is Cl.NNc1cccc2cccnc12.O. The van der Waals surface area contributed by atoms with Crippen LogP contribution in [0.1, 0.15) is 0 Å². The molecule has 1 heterocycles. The fourth-order valence-electron chi connectivity index (χ4n) is 1.22. The molecule has 1 aromatic heterocycles. The zero-order chi connectivity index (χ0) is 8.39. The van der Waals surface area contributed by atoms with Gasteiger partial charge < -0.3 is 10.9 Å². The van der Waals surface area contributed by atoms with Crippen molar-refractivity contribution in [1.29, 1.82) is 0 Å². The van der Waals surface area contributed by atoms with Crippen molar-refractivity contribution < 1.29 is 5.48 Å². The number of fused-ring (bicyclic) bond motifs is 1. The van der Waals surface area contributed by atoms with Crippen LogP contribution in [-0.2, 0) is 0 Å². The van der Waals surface area contributed by atoms with Gasteiger partial charge in [-0.15, -0.1) is 12.4 Å². The topological polar surface area (TPSA) is 82.4 Å². The van der Waals surface area contributed by atoms with Crippen LogP contribution in [0, 0.1) is 0 Å². The van der Waals surface area contributed by atoms with Gasteiger partial charge in [-0.05, 0) is 12.1 Å². The van der Waals surface area contributed by atoms with Crippen molar-refractivity contribution in [3.05, 3.63) is 36.5 Å². The lowest BCUT2D eigenvalue weighted by Crippen LogP contribution is -2.07. The van der Waals surface area contributed by atoms with Crippen molar-refractivity contribution in [3.63, 3.8) is 0 Å². The Labute approximate surface area is 87.8 Å². The van der Waals surface area contributed by atoms with Crippen LogP contribution in [0.3, 0.4) is 0 Å². The standard InChI is InChI=1S/C9H9N3.ClH.H2O/c10-12-8-5-1-3-7-4-2-6-11-9(7)8;;/h1-6,12H,10H2;1H;1H2. The number of nitrogens with one attached hydrogen (secondary N) is 1. The van der Waals surface area contributed by atoms with Crippen molar-refractivity contribution >= 4 is 29.0 Å². The van der Waals surface area contributed by atoms with Crippen LogP contribution in [0.4, 0.5) is 5.69 Å². The molecule has 4 nitrogen and oxygen atoms in total. The maximum absolute atomic E-state index is 5.33. The fraction of sp³-hybridized carbons (Fsp3) is 0. The van der Waals surface area contributed by atoms with Crippen LogP contribution in [0.5, 0.6) is 0 Å². The Morgan fingerprint density at radius 1 is 1.14 bits per heavy atom. The third-order valence-corrected chi connectivity index (χ3v) is 1.79. The third kappa shape index (κ3) is 2.11. The van der Waals surface area contributed by atoms with Crippen molar-refractivity contribution in [3.8, 4) is 0 Å². The minimum Gasteiger partial charge on any atom is -0.412 e. The Balaban J connectivity index is 0.000000845. The summed E-state index contributed by atoms with van der Waals surface area (Å²) in [5.41, 5.74) is 4.37. The first-order valence-electron chi connectivity index (χ1n) is 3.72. The number of nitrogens with two attached hydrogens (primary N) is 1. The van der Waals surface area contributed by atoms with E-state index in [9.17, 15) is 0 Å². The first-order chi connectivity index (χ1) is 5.92. The quantitative estimate of drug-likeness (QED) is 0.550. The molecule has 0 saturated heterocycles. The van der Waals surface area contributed by atoms with Gasteiger partial charge in [0, 0.05) is 11.6 Å². The highest BCUT2D eigenvalue weighted by Gasteiger charge is 1.97. The average Bonchev–Trinajstić information content (AvgIpc) is 2.17. The maximum Gasteiger partial charge on any atom is 0.0946 e. The zero-order valence-corrected chi connectivity index (χ0v) is 8.21. The summed E-state index contributed by atoms with van der Waals surface area (Å²) in [6, 6.07) is 9.75. The molecule has 0 saturated carbocycles. The molecule has 0 atom stereocenters. The van der Waals surface area contributed by atoms with Gasteiger partial charge in [0.2, 0.25) is 0 Å². The highest BCUT2D eigenvalue weighted by molar-refractivity contribution is 5.89. The molecule has 2 aromatic rings. The molecule has 0 fully saturated rings. The van der Waals surface area contributed by atoms with E-state index >= 15 is 0 Å². The van der Waals surface area contributed by atoms with E-state index in [1.165, 1.54) is 0 Å². The van der Waals surface area contributed by atoms with Crippen LogP contribution in [0.15, 0.2) is 36.5 Å². The molecular formula is C9H12ClN3O. The lowest BCUT2D eigenvalue weighted by Gasteiger charge is -2.02. The van der Waals surface area contributed by atoms with Crippen molar-refractivity contribution in [1.82, 2.24) is 4.98 Å². The van der Waals surface area contributed by atoms with Crippen LogP contribution in [-0.4, -0.2) is 10.5 Å². The van der Waals surface area contributed by atoms with E-state index in [1.54, 1.807) is 6.20 Å². The Morgan fingerprint density at radius 2 is 1.86 bits per heavy atom. The first kappa shape index (κ1) is 12.6. The van der Waals surface area contributed by atoms with Gasteiger partial charge in [-0.2, -0.15) is 0 Å². The van der Waals surface area contributed by atoms with Gasteiger partial charge in [-0.3, -0.25) is 10.8 Å². The second-order valence-corrected chi connectivity index (χ2v) is 2.53. The number of halogens is 1. The van der Waals surface area contributed by atoms with E-state index < -0.39 is 0 Å². The van der Waals surface area contributed by atoms with Crippen molar-refractivity contribution in [2.75, 3.05) is 5.43 Å². The summed E-state index contributed by atoms with van der Waals surface area (Å²) in [6.07, 6.45) is 1.75. The Morgan fingerprint density at radius 3 is 2.57 bits per heavy atom. The molecule has 1 aromatic carbocycles. The van der Waals surface area contributed by atoms with Gasteiger partial charge >= 0.3 is 0 Å². The van der Waals surface area contributed by atoms with E-state index in [4.69, 9.17) is 5.84 Å². The molecule has 2 rings (SSSR count). The predicted molar refractivity (Wildman–Crippen MR) is 60.4 cm³/mol. The van der Waals surface area contributed by atoms with Gasteiger partial charge in [0.25, 0.3) is 0 Å². The number of pyridine rings is 1. The van der Waals surface area contributed by atoms with Crippen molar-refractivity contribution in [2.45, 2.75) is 0 Å². The van der Waals surface area contributed by atoms with Crippen LogP contribution in [0.2, 0.25) is 0 Å². The number of hydrazine groups is 1. The molecule has 0 aliphatic heterocycles. The van der Waals surface area contributed by atoms with Gasteiger partial charge in [-0.25, -0.2) is 0 Å². The van der Waals surface area contributed by atoms with Crippen LogP contribution >= 0.6 is 12.4 Å². The molecule has 0 unspecified atom stereocenters. The molecule has 0 spiro atoms. The summed E-state index contributed by atoms with van der Waals surface area (Å²) in [4.78, 5) is 4.21. The number of para-hydroxylation sites is 1. The normalized spacial score (nSPS) is 8.64. The number of hydrogen-bond donors (Lipinski definition) is 2. The summed E-state index contributed by atoms with van der Waals surface area (Å²) in [6.45, 7) is 0. The largest absolute Gasteiger partial charge is 0.412 e. The summed E-state index contributed by atoms with van der Waals surface area (Å²) in [5, 5.41) is 1.09. The average molecular weight is 214 g/mol. The number of aromatic nitrogens is 1. The molecule has 76 valence electrons. The third-order valence-electron chi connectivity index (χ3n) is 1.79.